The normalized spacial score (nSPS) is 17.5. The summed E-state index contributed by atoms with van der Waals surface area (Å²) in [6.07, 6.45) is 2.90. The second kappa shape index (κ2) is 10.0. The molecular weight excluding hydrogens is 407 g/mol. The van der Waals surface area contributed by atoms with Crippen LogP contribution in [0.2, 0.25) is 0 Å². The molecule has 1 heterocycles. The van der Waals surface area contributed by atoms with E-state index in [4.69, 9.17) is 4.74 Å². The van der Waals surface area contributed by atoms with E-state index in [1.807, 2.05) is 24.3 Å². The van der Waals surface area contributed by atoms with Crippen molar-refractivity contribution >= 4 is 15.9 Å². The lowest BCUT2D eigenvalue weighted by Gasteiger charge is -2.31. The molecule has 0 bridgehead atoms. The fourth-order valence-corrected chi connectivity index (χ4v) is 5.09. The second-order valence-electron chi connectivity index (χ2n) is 7.40. The number of nitrogens with zero attached hydrogens (tertiary/aromatic N) is 1. The van der Waals surface area contributed by atoms with Crippen LogP contribution in [0.4, 0.5) is 4.39 Å². The van der Waals surface area contributed by atoms with Gasteiger partial charge in [-0.1, -0.05) is 12.1 Å². The highest BCUT2D eigenvalue weighted by molar-refractivity contribution is 7.89. The zero-order valence-electron chi connectivity index (χ0n) is 17.0. The van der Waals surface area contributed by atoms with Gasteiger partial charge in [0.05, 0.1) is 17.9 Å². The molecule has 0 unspecified atom stereocenters. The molecule has 1 atom stereocenters. The van der Waals surface area contributed by atoms with Crippen molar-refractivity contribution in [3.8, 4) is 5.75 Å². The molecule has 3 rings (SSSR count). The molecule has 8 heteroatoms. The van der Waals surface area contributed by atoms with E-state index in [2.05, 4.69) is 5.32 Å². The Hall–Kier alpha value is -2.45. The molecule has 6 nitrogen and oxygen atoms in total. The van der Waals surface area contributed by atoms with Gasteiger partial charge in [-0.05, 0) is 67.6 Å². The molecule has 1 amide bonds. The first-order valence-electron chi connectivity index (χ1n) is 10.1. The highest BCUT2D eigenvalue weighted by atomic mass is 32.2. The Kier molecular flexibility index (Phi) is 7.44. The largest absolute Gasteiger partial charge is 0.497 e. The van der Waals surface area contributed by atoms with E-state index in [0.717, 1.165) is 30.7 Å². The molecule has 1 aliphatic heterocycles. The summed E-state index contributed by atoms with van der Waals surface area (Å²) in [4.78, 5) is 12.6. The van der Waals surface area contributed by atoms with Crippen LogP contribution in [0, 0.1) is 11.7 Å². The van der Waals surface area contributed by atoms with Crippen LogP contribution in [-0.4, -0.2) is 45.4 Å². The van der Waals surface area contributed by atoms with Crippen LogP contribution < -0.4 is 10.1 Å². The molecule has 0 saturated carbocycles. The number of benzene rings is 2. The van der Waals surface area contributed by atoms with Gasteiger partial charge in [-0.2, -0.15) is 4.31 Å². The Labute approximate surface area is 177 Å². The maximum absolute atomic E-state index is 13.1. The summed E-state index contributed by atoms with van der Waals surface area (Å²) in [6.45, 7) is 1.04. The van der Waals surface area contributed by atoms with Gasteiger partial charge in [0, 0.05) is 19.6 Å². The maximum Gasteiger partial charge on any atom is 0.243 e. The number of hydrogen-bond acceptors (Lipinski definition) is 4. The van der Waals surface area contributed by atoms with Crippen LogP contribution in [0.5, 0.6) is 5.75 Å². The quantitative estimate of drug-likeness (QED) is 0.648. The third-order valence-corrected chi connectivity index (χ3v) is 7.19. The topological polar surface area (TPSA) is 75.7 Å². The van der Waals surface area contributed by atoms with Gasteiger partial charge in [0.1, 0.15) is 11.6 Å². The molecule has 0 aliphatic carbocycles. The molecule has 1 N–H and O–H groups in total. The molecule has 0 radical (unpaired) electrons. The van der Waals surface area contributed by atoms with E-state index in [9.17, 15) is 17.6 Å². The van der Waals surface area contributed by atoms with Crippen LogP contribution in [0.15, 0.2) is 53.4 Å². The first kappa shape index (κ1) is 22.2. The summed E-state index contributed by atoms with van der Waals surface area (Å²) in [5, 5.41) is 2.93. The summed E-state index contributed by atoms with van der Waals surface area (Å²) >= 11 is 0. The molecule has 0 aromatic heterocycles. The van der Waals surface area contributed by atoms with Crippen molar-refractivity contribution in [1.29, 1.82) is 0 Å². The average molecular weight is 435 g/mol. The van der Waals surface area contributed by atoms with Crippen LogP contribution in [0.25, 0.3) is 0 Å². The number of carbonyl (C=O) groups is 1. The van der Waals surface area contributed by atoms with Crippen molar-refractivity contribution in [3.63, 3.8) is 0 Å². The van der Waals surface area contributed by atoms with Gasteiger partial charge < -0.3 is 10.1 Å². The average Bonchev–Trinajstić information content (AvgIpc) is 2.77. The van der Waals surface area contributed by atoms with Gasteiger partial charge in [0.25, 0.3) is 0 Å². The number of methoxy groups -OCH3 is 1. The molecule has 2 aromatic carbocycles. The first-order chi connectivity index (χ1) is 14.4. The number of hydrogen-bond donors (Lipinski definition) is 1. The molecule has 162 valence electrons. The second-order valence-corrected chi connectivity index (χ2v) is 9.34. The summed E-state index contributed by atoms with van der Waals surface area (Å²) < 4.78 is 45.2. The molecule has 30 heavy (non-hydrogen) atoms. The molecule has 1 aliphatic rings. The van der Waals surface area contributed by atoms with Crippen LogP contribution in [-0.2, 0) is 21.2 Å². The van der Waals surface area contributed by atoms with E-state index in [1.165, 1.54) is 22.0 Å². The van der Waals surface area contributed by atoms with E-state index in [0.29, 0.717) is 25.9 Å². The predicted molar refractivity (Wildman–Crippen MR) is 112 cm³/mol. The summed E-state index contributed by atoms with van der Waals surface area (Å²) in [5.41, 5.74) is 1.17. The third-order valence-electron chi connectivity index (χ3n) is 5.31. The fraction of sp³-hybridized carbons (Fsp3) is 0.409. The van der Waals surface area contributed by atoms with Crippen molar-refractivity contribution in [3.05, 3.63) is 59.9 Å². The number of ether oxygens (including phenoxy) is 1. The van der Waals surface area contributed by atoms with Crippen molar-refractivity contribution in [2.75, 3.05) is 26.7 Å². The van der Waals surface area contributed by atoms with Gasteiger partial charge in [0.15, 0.2) is 0 Å². The monoisotopic (exact) mass is 434 g/mol. The Morgan fingerprint density at radius 1 is 1.17 bits per heavy atom. The van der Waals surface area contributed by atoms with E-state index < -0.39 is 15.8 Å². The Morgan fingerprint density at radius 2 is 1.87 bits per heavy atom. The minimum atomic E-state index is -3.74. The lowest BCUT2D eigenvalue weighted by atomic mass is 9.99. The van der Waals surface area contributed by atoms with Gasteiger partial charge in [-0.25, -0.2) is 12.8 Å². The van der Waals surface area contributed by atoms with Gasteiger partial charge in [0.2, 0.25) is 15.9 Å². The zero-order chi connectivity index (χ0) is 21.6. The highest BCUT2D eigenvalue weighted by Gasteiger charge is 2.33. The molecule has 1 fully saturated rings. The Balaban J connectivity index is 1.49. The smallest absolute Gasteiger partial charge is 0.243 e. The highest BCUT2D eigenvalue weighted by Crippen LogP contribution is 2.24. The first-order valence-corrected chi connectivity index (χ1v) is 11.5. The van der Waals surface area contributed by atoms with E-state index >= 15 is 0 Å². The number of halogens is 1. The number of aryl methyl sites for hydroxylation is 1. The standard InChI is InChI=1S/C22H27FN2O4S/c1-29-20-10-6-17(7-11-20)4-2-14-24-22(26)18-5-3-15-25(16-18)30(27,28)21-12-8-19(23)9-13-21/h6-13,18H,2-5,14-16H2,1H3,(H,24,26)/t18-/m0/s1. The van der Waals surface area contributed by atoms with Crippen molar-refractivity contribution in [2.45, 2.75) is 30.6 Å². The van der Waals surface area contributed by atoms with Gasteiger partial charge in [-0.15, -0.1) is 0 Å². The number of nitrogens with one attached hydrogen (secondary N) is 1. The molecular formula is C22H27FN2O4S. The number of rotatable bonds is 8. The lowest BCUT2D eigenvalue weighted by molar-refractivity contribution is -0.126. The van der Waals surface area contributed by atoms with E-state index in [-0.39, 0.29) is 23.3 Å². The Morgan fingerprint density at radius 3 is 2.53 bits per heavy atom. The zero-order valence-corrected chi connectivity index (χ0v) is 17.8. The van der Waals surface area contributed by atoms with Crippen molar-refractivity contribution < 1.29 is 22.3 Å². The SMILES string of the molecule is COc1ccc(CCCNC(=O)[C@H]2CCCN(S(=O)(=O)c3ccc(F)cc3)C2)cc1. The summed E-state index contributed by atoms with van der Waals surface area (Å²) in [6, 6.07) is 12.6. The third kappa shape index (κ3) is 5.58. The van der Waals surface area contributed by atoms with Crippen molar-refractivity contribution in [2.24, 2.45) is 5.92 Å². The number of carbonyl (C=O) groups excluding carboxylic acids is 1. The van der Waals surface area contributed by atoms with Crippen LogP contribution in [0.1, 0.15) is 24.8 Å². The summed E-state index contributed by atoms with van der Waals surface area (Å²) in [7, 11) is -2.11. The minimum Gasteiger partial charge on any atom is -0.497 e. The van der Waals surface area contributed by atoms with Crippen molar-refractivity contribution in [1.82, 2.24) is 9.62 Å². The minimum absolute atomic E-state index is 0.0458. The van der Waals surface area contributed by atoms with E-state index in [1.54, 1.807) is 7.11 Å². The number of amides is 1. The maximum atomic E-state index is 13.1. The number of piperidine rings is 1. The fourth-order valence-electron chi connectivity index (χ4n) is 3.57. The van der Waals surface area contributed by atoms with Gasteiger partial charge in [-0.3, -0.25) is 4.79 Å². The molecule has 0 spiro atoms. The lowest BCUT2D eigenvalue weighted by Crippen LogP contribution is -2.45. The van der Waals surface area contributed by atoms with Crippen LogP contribution in [0.3, 0.4) is 0 Å². The van der Waals surface area contributed by atoms with Crippen LogP contribution >= 0.6 is 0 Å². The molecule has 1 saturated heterocycles. The predicted octanol–water partition coefficient (Wildman–Crippen LogP) is 2.98. The Bertz CT molecular complexity index is 946. The summed E-state index contributed by atoms with van der Waals surface area (Å²) in [5.74, 6) is -0.178. The molecule has 2 aromatic rings. The van der Waals surface area contributed by atoms with Gasteiger partial charge >= 0.3 is 0 Å². The number of sulfonamides is 1.